The second-order valence-electron chi connectivity index (χ2n) is 10.6. The standard InChI is InChI=1S/C26H33Cl2N3O3S/c1-14(24(33)31-9-11-34-12-10-31)16-7-8-26(3)13-19-21(15(2)20(26)23(16)32)29-25(35-19)30-22-17(27)5-4-6-18(22)28/h4-6,14-16,20,23,32H,7-13H2,1-3H3,(H,29,30)/t14-,15-,16-,20+,23-,26-/m0/s1. The van der Waals surface area contributed by atoms with Crippen LogP contribution in [0.1, 0.15) is 50.1 Å². The lowest BCUT2D eigenvalue weighted by molar-refractivity contribution is -0.148. The highest BCUT2D eigenvalue weighted by atomic mass is 35.5. The van der Waals surface area contributed by atoms with Crippen LogP contribution in [0.5, 0.6) is 0 Å². The number of nitrogens with zero attached hydrogens (tertiary/aromatic N) is 2. The Morgan fingerprint density at radius 3 is 2.69 bits per heavy atom. The maximum Gasteiger partial charge on any atom is 0.225 e. The molecule has 2 fully saturated rings. The number of aromatic nitrogens is 1. The molecular formula is C26H33Cl2N3O3S. The predicted molar refractivity (Wildman–Crippen MR) is 141 cm³/mol. The molecule has 5 rings (SSSR count). The highest BCUT2D eigenvalue weighted by Gasteiger charge is 2.54. The number of carbonyl (C=O) groups is 1. The number of hydrogen-bond donors (Lipinski definition) is 2. The zero-order valence-corrected chi connectivity index (χ0v) is 22.7. The van der Waals surface area contributed by atoms with Crippen molar-refractivity contribution < 1.29 is 14.6 Å². The van der Waals surface area contributed by atoms with E-state index in [0.717, 1.165) is 30.1 Å². The molecule has 3 aliphatic rings. The van der Waals surface area contributed by atoms with Crippen molar-refractivity contribution in [1.29, 1.82) is 0 Å². The summed E-state index contributed by atoms with van der Waals surface area (Å²) in [7, 11) is 0. The van der Waals surface area contributed by atoms with Crippen LogP contribution in [0.15, 0.2) is 18.2 Å². The van der Waals surface area contributed by atoms with E-state index in [2.05, 4.69) is 19.2 Å². The lowest BCUT2D eigenvalue weighted by Gasteiger charge is -2.53. The number of thiazole rings is 1. The smallest absolute Gasteiger partial charge is 0.225 e. The van der Waals surface area contributed by atoms with E-state index in [1.165, 1.54) is 4.88 Å². The molecule has 9 heteroatoms. The molecule has 0 radical (unpaired) electrons. The number of carbonyl (C=O) groups excluding carboxylic acids is 1. The molecule has 0 unspecified atom stereocenters. The van der Waals surface area contributed by atoms with Crippen molar-refractivity contribution in [2.24, 2.45) is 23.2 Å². The summed E-state index contributed by atoms with van der Waals surface area (Å²) in [6.07, 6.45) is 2.17. The van der Waals surface area contributed by atoms with Crippen molar-refractivity contribution in [1.82, 2.24) is 9.88 Å². The molecule has 6 atom stereocenters. The van der Waals surface area contributed by atoms with Gasteiger partial charge in [0.2, 0.25) is 5.91 Å². The monoisotopic (exact) mass is 537 g/mol. The average molecular weight is 539 g/mol. The second-order valence-corrected chi connectivity index (χ2v) is 12.5. The first kappa shape index (κ1) is 25.3. The molecule has 0 spiro atoms. The Morgan fingerprint density at radius 2 is 2.00 bits per heavy atom. The number of hydrogen-bond acceptors (Lipinski definition) is 6. The minimum absolute atomic E-state index is 0.0318. The zero-order valence-electron chi connectivity index (χ0n) is 20.4. The lowest BCUT2D eigenvalue weighted by atomic mass is 9.53. The molecule has 2 N–H and O–H groups in total. The minimum Gasteiger partial charge on any atom is -0.392 e. The van der Waals surface area contributed by atoms with E-state index in [4.69, 9.17) is 32.9 Å². The number of amides is 1. The highest BCUT2D eigenvalue weighted by molar-refractivity contribution is 7.15. The number of anilines is 2. The topological polar surface area (TPSA) is 74.7 Å². The summed E-state index contributed by atoms with van der Waals surface area (Å²) in [5.74, 6) is 0.0111. The molecule has 1 aromatic heterocycles. The Morgan fingerprint density at radius 1 is 1.31 bits per heavy atom. The van der Waals surface area contributed by atoms with Crippen LogP contribution < -0.4 is 5.32 Å². The summed E-state index contributed by atoms with van der Waals surface area (Å²) in [6, 6.07) is 5.42. The Balaban J connectivity index is 1.37. The average Bonchev–Trinajstić information content (AvgIpc) is 3.23. The van der Waals surface area contributed by atoms with Crippen molar-refractivity contribution in [3.63, 3.8) is 0 Å². The number of morpholine rings is 1. The van der Waals surface area contributed by atoms with Gasteiger partial charge in [-0.25, -0.2) is 4.98 Å². The van der Waals surface area contributed by atoms with Crippen LogP contribution in [-0.4, -0.2) is 53.3 Å². The fraction of sp³-hybridized carbons (Fsp3) is 0.615. The molecule has 190 valence electrons. The van der Waals surface area contributed by atoms with Crippen molar-refractivity contribution in [3.05, 3.63) is 38.8 Å². The van der Waals surface area contributed by atoms with Crippen LogP contribution in [-0.2, 0) is 16.0 Å². The summed E-state index contributed by atoms with van der Waals surface area (Å²) < 4.78 is 5.41. The Kier molecular flexibility index (Phi) is 7.09. The van der Waals surface area contributed by atoms with Gasteiger partial charge in [-0.15, -0.1) is 11.3 Å². The number of fused-ring (bicyclic) bond motifs is 2. The first-order valence-corrected chi connectivity index (χ1v) is 14.0. The first-order chi connectivity index (χ1) is 16.7. The Hall–Kier alpha value is -1.38. The Labute approximate surface area is 221 Å². The van der Waals surface area contributed by atoms with Gasteiger partial charge >= 0.3 is 0 Å². The second kappa shape index (κ2) is 9.82. The van der Waals surface area contributed by atoms with E-state index in [1.54, 1.807) is 23.5 Å². The highest BCUT2D eigenvalue weighted by Crippen LogP contribution is 2.57. The van der Waals surface area contributed by atoms with Gasteiger partial charge in [-0.3, -0.25) is 4.79 Å². The third-order valence-electron chi connectivity index (χ3n) is 8.47. The molecule has 0 bridgehead atoms. The largest absolute Gasteiger partial charge is 0.392 e. The van der Waals surface area contributed by atoms with Crippen molar-refractivity contribution in [3.8, 4) is 0 Å². The molecule has 1 amide bonds. The van der Waals surface area contributed by atoms with Gasteiger partial charge in [-0.2, -0.15) is 0 Å². The molecule has 1 saturated heterocycles. The van der Waals surface area contributed by atoms with Gasteiger partial charge in [0.1, 0.15) is 0 Å². The minimum atomic E-state index is -0.548. The summed E-state index contributed by atoms with van der Waals surface area (Å²) in [4.78, 5) is 21.3. The SMILES string of the molecule is C[C@H](C(=O)N1CCOCC1)[C@@H]1CC[C@@]2(C)Cc3sc(Nc4c(Cl)cccc4Cl)nc3[C@@H](C)[C@@H]2[C@H]1O. The van der Waals surface area contributed by atoms with Crippen LogP contribution in [0.3, 0.4) is 0 Å². The van der Waals surface area contributed by atoms with Gasteiger partial charge in [0.05, 0.1) is 40.7 Å². The van der Waals surface area contributed by atoms with Crippen LogP contribution in [0.2, 0.25) is 10.0 Å². The van der Waals surface area contributed by atoms with E-state index >= 15 is 0 Å². The number of rotatable bonds is 4. The number of nitrogens with one attached hydrogen (secondary N) is 1. The fourth-order valence-electron chi connectivity index (χ4n) is 6.58. The van der Waals surface area contributed by atoms with Crippen LogP contribution in [0, 0.1) is 23.2 Å². The number of para-hydroxylation sites is 1. The summed E-state index contributed by atoms with van der Waals surface area (Å²) in [5, 5.41) is 16.9. The molecule has 1 saturated carbocycles. The van der Waals surface area contributed by atoms with E-state index in [0.29, 0.717) is 42.0 Å². The molecule has 35 heavy (non-hydrogen) atoms. The molecule has 2 heterocycles. The summed E-state index contributed by atoms with van der Waals surface area (Å²) >= 11 is 14.4. The van der Waals surface area contributed by atoms with Crippen molar-refractivity contribution in [2.45, 2.75) is 52.1 Å². The lowest BCUT2D eigenvalue weighted by Crippen LogP contribution is -2.54. The number of ether oxygens (including phenoxy) is 1. The Bertz CT molecular complexity index is 1090. The van der Waals surface area contributed by atoms with E-state index < -0.39 is 6.10 Å². The van der Waals surface area contributed by atoms with Gasteiger partial charge in [0.25, 0.3) is 0 Å². The third kappa shape index (κ3) is 4.59. The first-order valence-electron chi connectivity index (χ1n) is 12.4. The van der Waals surface area contributed by atoms with Crippen LogP contribution in [0.25, 0.3) is 0 Å². The maximum absolute atomic E-state index is 13.2. The maximum atomic E-state index is 13.2. The quantitative estimate of drug-likeness (QED) is 0.519. The molecular weight excluding hydrogens is 505 g/mol. The van der Waals surface area contributed by atoms with E-state index in [-0.39, 0.29) is 35.0 Å². The number of aliphatic hydroxyl groups is 1. The fourth-order valence-corrected chi connectivity index (χ4v) is 8.34. The molecule has 2 aliphatic carbocycles. The molecule has 2 aromatic rings. The van der Waals surface area contributed by atoms with Gasteiger partial charge in [0, 0.05) is 29.8 Å². The van der Waals surface area contributed by atoms with Gasteiger partial charge in [-0.1, -0.05) is 50.0 Å². The van der Waals surface area contributed by atoms with Gasteiger partial charge in [-0.05, 0) is 48.6 Å². The van der Waals surface area contributed by atoms with E-state index in [1.807, 2.05) is 17.9 Å². The number of halogens is 2. The van der Waals surface area contributed by atoms with Crippen molar-refractivity contribution >= 4 is 51.3 Å². The van der Waals surface area contributed by atoms with E-state index in [9.17, 15) is 9.90 Å². The van der Waals surface area contributed by atoms with Crippen LogP contribution in [0.4, 0.5) is 10.8 Å². The van der Waals surface area contributed by atoms with Crippen molar-refractivity contribution in [2.75, 3.05) is 31.6 Å². The predicted octanol–water partition coefficient (Wildman–Crippen LogP) is 5.74. The molecule has 1 aromatic carbocycles. The third-order valence-corrected chi connectivity index (χ3v) is 10.1. The van der Waals surface area contributed by atoms with Gasteiger partial charge in [0.15, 0.2) is 5.13 Å². The van der Waals surface area contributed by atoms with Gasteiger partial charge < -0.3 is 20.1 Å². The normalized spacial score (nSPS) is 31.4. The number of benzene rings is 1. The molecule has 6 nitrogen and oxygen atoms in total. The summed E-state index contributed by atoms with van der Waals surface area (Å²) in [5.41, 5.74) is 1.67. The molecule has 1 aliphatic heterocycles. The zero-order chi connectivity index (χ0) is 24.9. The van der Waals surface area contributed by atoms with Crippen LogP contribution >= 0.6 is 34.5 Å². The summed E-state index contributed by atoms with van der Waals surface area (Å²) in [6.45, 7) is 8.91. The number of aliphatic hydroxyl groups excluding tert-OH is 1.